The summed E-state index contributed by atoms with van der Waals surface area (Å²) < 4.78 is 0. The van der Waals surface area contributed by atoms with Gasteiger partial charge in [-0.2, -0.15) is 0 Å². The van der Waals surface area contributed by atoms with Crippen LogP contribution in [0.4, 0.5) is 0 Å². The van der Waals surface area contributed by atoms with Gasteiger partial charge in [-0.15, -0.1) is 0 Å². The van der Waals surface area contributed by atoms with E-state index in [1.54, 1.807) is 0 Å². The third kappa shape index (κ3) is 11.2. The average Bonchev–Trinajstić information content (AvgIpc) is 2.21. The summed E-state index contributed by atoms with van der Waals surface area (Å²) in [6.45, 7) is 5.91. The molecule has 0 aliphatic rings. The van der Waals surface area contributed by atoms with Gasteiger partial charge in [0.25, 0.3) is 0 Å². The van der Waals surface area contributed by atoms with Crippen molar-refractivity contribution in [1.82, 2.24) is 0 Å². The highest BCUT2D eigenvalue weighted by Crippen LogP contribution is 1.99. The second-order valence-corrected chi connectivity index (χ2v) is 3.28. The quantitative estimate of drug-likeness (QED) is 0.380. The topological polar surface area (TPSA) is 0 Å². The first-order chi connectivity index (χ1) is 6.91. The van der Waals surface area contributed by atoms with E-state index in [4.69, 9.17) is 0 Å². The summed E-state index contributed by atoms with van der Waals surface area (Å²) in [7, 11) is 0. The second-order valence-electron chi connectivity index (χ2n) is 3.28. The third-order valence-corrected chi connectivity index (χ3v) is 1.92. The zero-order valence-corrected chi connectivity index (χ0v) is 9.41. The van der Waals surface area contributed by atoms with E-state index in [0.717, 1.165) is 19.3 Å². The molecule has 1 radical (unpaired) electrons. The van der Waals surface area contributed by atoms with Gasteiger partial charge in [0.05, 0.1) is 0 Å². The lowest BCUT2D eigenvalue weighted by Gasteiger charge is -1.89. The number of unbranched alkanes of at least 4 members (excludes halogenated alkanes) is 2. The highest BCUT2D eigenvalue weighted by molar-refractivity contribution is 4.92. The van der Waals surface area contributed by atoms with Crippen LogP contribution in [-0.4, -0.2) is 0 Å². The Bertz CT molecular complexity index is 172. The summed E-state index contributed by atoms with van der Waals surface area (Å²) in [5.41, 5.74) is 0. The molecule has 0 heterocycles. The zero-order chi connectivity index (χ0) is 10.5. The molecular weight excluding hydrogens is 168 g/mol. The molecule has 0 aromatic heterocycles. The maximum absolute atomic E-state index is 3.75. The van der Waals surface area contributed by atoms with Crippen LogP contribution < -0.4 is 0 Å². The zero-order valence-electron chi connectivity index (χ0n) is 9.41. The fraction of sp³-hybridized carbons (Fsp3) is 0.500. The molecule has 0 aromatic rings. The minimum absolute atomic E-state index is 0.914. The molecule has 0 aliphatic carbocycles. The summed E-state index contributed by atoms with van der Waals surface area (Å²) >= 11 is 0. The van der Waals surface area contributed by atoms with Crippen molar-refractivity contribution >= 4 is 0 Å². The van der Waals surface area contributed by atoms with Crippen LogP contribution in [0.3, 0.4) is 0 Å². The fourth-order valence-corrected chi connectivity index (χ4v) is 1.14. The Balaban J connectivity index is 3.18. The average molecular weight is 191 g/mol. The molecule has 0 amide bonds. The molecule has 0 unspecified atom stereocenters. The molecule has 0 saturated heterocycles. The minimum Gasteiger partial charge on any atom is -0.0885 e. The van der Waals surface area contributed by atoms with Gasteiger partial charge in [-0.3, -0.25) is 0 Å². The predicted octanol–water partition coefficient (Wildman–Crippen LogP) is 4.85. The van der Waals surface area contributed by atoms with Crippen LogP contribution in [0.5, 0.6) is 0 Å². The van der Waals surface area contributed by atoms with Gasteiger partial charge in [-0.05, 0) is 45.4 Å². The monoisotopic (exact) mass is 191 g/mol. The van der Waals surface area contributed by atoms with Gasteiger partial charge in [-0.1, -0.05) is 43.4 Å². The first-order valence-electron chi connectivity index (χ1n) is 5.66. The van der Waals surface area contributed by atoms with Crippen molar-refractivity contribution < 1.29 is 0 Å². The Morgan fingerprint density at radius 2 is 1.50 bits per heavy atom. The van der Waals surface area contributed by atoms with E-state index in [2.05, 4.69) is 50.3 Å². The van der Waals surface area contributed by atoms with E-state index in [0.29, 0.717) is 0 Å². The lowest BCUT2D eigenvalue weighted by Crippen LogP contribution is -1.69. The van der Waals surface area contributed by atoms with Gasteiger partial charge < -0.3 is 0 Å². The molecule has 0 bridgehead atoms. The molecule has 0 fully saturated rings. The van der Waals surface area contributed by atoms with Crippen molar-refractivity contribution in [3.05, 3.63) is 43.4 Å². The largest absolute Gasteiger partial charge is 0.0885 e. The van der Waals surface area contributed by atoms with Crippen LogP contribution in [0.15, 0.2) is 36.5 Å². The highest BCUT2D eigenvalue weighted by Gasteiger charge is 1.79. The Hall–Kier alpha value is -0.780. The van der Waals surface area contributed by atoms with Crippen molar-refractivity contribution in [3.8, 4) is 0 Å². The van der Waals surface area contributed by atoms with Crippen molar-refractivity contribution in [2.24, 2.45) is 0 Å². The summed E-state index contributed by atoms with van der Waals surface area (Å²) in [6, 6.07) is 0. The van der Waals surface area contributed by atoms with E-state index in [1.165, 1.54) is 19.3 Å². The van der Waals surface area contributed by atoms with Gasteiger partial charge >= 0.3 is 0 Å². The smallest absolute Gasteiger partial charge is 0.0169 e. The van der Waals surface area contributed by atoms with Gasteiger partial charge in [0.1, 0.15) is 0 Å². The van der Waals surface area contributed by atoms with Crippen molar-refractivity contribution in [2.45, 2.75) is 45.4 Å². The summed E-state index contributed by atoms with van der Waals surface area (Å²) in [5.74, 6) is 0. The van der Waals surface area contributed by atoms with Crippen LogP contribution >= 0.6 is 0 Å². The van der Waals surface area contributed by atoms with Gasteiger partial charge in [0, 0.05) is 0 Å². The van der Waals surface area contributed by atoms with Crippen LogP contribution in [0.1, 0.15) is 45.4 Å². The number of hydrogen-bond acceptors (Lipinski definition) is 0. The first-order valence-corrected chi connectivity index (χ1v) is 5.66. The normalized spacial score (nSPS) is 12.4. The molecular formula is C14H23. The van der Waals surface area contributed by atoms with E-state index in [9.17, 15) is 0 Å². The maximum atomic E-state index is 3.75. The third-order valence-electron chi connectivity index (χ3n) is 1.92. The Morgan fingerprint density at radius 3 is 2.14 bits per heavy atom. The van der Waals surface area contributed by atoms with E-state index in [1.807, 2.05) is 0 Å². The minimum atomic E-state index is 0.914. The van der Waals surface area contributed by atoms with Gasteiger partial charge in [0.2, 0.25) is 0 Å². The number of rotatable bonds is 8. The summed E-state index contributed by atoms with van der Waals surface area (Å²) in [6.07, 6.45) is 20.1. The summed E-state index contributed by atoms with van der Waals surface area (Å²) in [4.78, 5) is 0. The van der Waals surface area contributed by atoms with Gasteiger partial charge in [-0.25, -0.2) is 0 Å². The standard InChI is InChI=1S/C14H23/c1-3-5-7-9-11-13-14-12-10-8-6-4-2/h5-8,12,14H,1,3-4,9-11,13H2,2H3/b7-5+,8-6+,14-12+. The fourth-order valence-electron chi connectivity index (χ4n) is 1.14. The Kier molecular flexibility index (Phi) is 11.5. The van der Waals surface area contributed by atoms with Crippen molar-refractivity contribution in [2.75, 3.05) is 0 Å². The summed E-state index contributed by atoms with van der Waals surface area (Å²) in [5, 5.41) is 0. The molecule has 0 N–H and O–H groups in total. The predicted molar refractivity (Wildman–Crippen MR) is 66.2 cm³/mol. The maximum Gasteiger partial charge on any atom is -0.0169 e. The number of allylic oxidation sites excluding steroid dienone is 6. The number of hydrogen-bond donors (Lipinski definition) is 0. The van der Waals surface area contributed by atoms with E-state index in [-0.39, 0.29) is 0 Å². The van der Waals surface area contributed by atoms with E-state index >= 15 is 0 Å². The molecule has 0 rings (SSSR count). The highest BCUT2D eigenvalue weighted by atomic mass is 13.9. The first kappa shape index (κ1) is 13.2. The van der Waals surface area contributed by atoms with Crippen LogP contribution in [0.2, 0.25) is 0 Å². The van der Waals surface area contributed by atoms with Crippen molar-refractivity contribution in [3.63, 3.8) is 0 Å². The molecule has 0 heteroatoms. The molecule has 0 atom stereocenters. The van der Waals surface area contributed by atoms with Crippen LogP contribution in [0, 0.1) is 6.92 Å². The Morgan fingerprint density at radius 1 is 0.857 bits per heavy atom. The van der Waals surface area contributed by atoms with Gasteiger partial charge in [0.15, 0.2) is 0 Å². The second kappa shape index (κ2) is 12.2. The SMILES string of the molecule is [CH2]C/C=C/CCC/C=C/C/C=C/CC. The molecule has 0 aromatic carbocycles. The molecule has 0 spiro atoms. The lowest BCUT2D eigenvalue weighted by atomic mass is 10.2. The molecule has 79 valence electrons. The van der Waals surface area contributed by atoms with E-state index < -0.39 is 0 Å². The molecule has 0 aliphatic heterocycles. The molecule has 0 saturated carbocycles. The Labute approximate surface area is 89.4 Å². The van der Waals surface area contributed by atoms with Crippen molar-refractivity contribution in [1.29, 1.82) is 0 Å². The van der Waals surface area contributed by atoms with Crippen LogP contribution in [-0.2, 0) is 0 Å². The van der Waals surface area contributed by atoms with Crippen LogP contribution in [0.25, 0.3) is 0 Å². The molecule has 0 nitrogen and oxygen atoms in total. The molecule has 14 heavy (non-hydrogen) atoms. The lowest BCUT2D eigenvalue weighted by molar-refractivity contribution is 0.864.